The predicted octanol–water partition coefficient (Wildman–Crippen LogP) is 1.86. The molecule has 0 unspecified atom stereocenters. The Morgan fingerprint density at radius 2 is 1.74 bits per heavy atom. The maximum absolute atomic E-state index is 11.5. The Hall–Kier alpha value is -1.59. The third kappa shape index (κ3) is 6.22. The van der Waals surface area contributed by atoms with Gasteiger partial charge >= 0.3 is 0 Å². The van der Waals surface area contributed by atoms with E-state index >= 15 is 0 Å². The van der Waals surface area contributed by atoms with Crippen LogP contribution >= 0.6 is 12.4 Å². The highest BCUT2D eigenvalue weighted by atomic mass is 35.5. The first kappa shape index (κ1) is 17.4. The summed E-state index contributed by atoms with van der Waals surface area (Å²) < 4.78 is 0. The van der Waals surface area contributed by atoms with Gasteiger partial charge in [0.05, 0.1) is 6.54 Å². The number of halogens is 1. The van der Waals surface area contributed by atoms with Gasteiger partial charge in [0.2, 0.25) is 11.8 Å². The van der Waals surface area contributed by atoms with Gasteiger partial charge in [0.1, 0.15) is 0 Å². The van der Waals surface area contributed by atoms with E-state index in [1.807, 2.05) is 13.8 Å². The van der Waals surface area contributed by atoms with Crippen molar-refractivity contribution in [3.8, 4) is 0 Å². The van der Waals surface area contributed by atoms with Crippen molar-refractivity contribution in [3.05, 3.63) is 24.3 Å². The lowest BCUT2D eigenvalue weighted by Gasteiger charge is -2.10. The highest BCUT2D eigenvalue weighted by Gasteiger charge is 2.07. The zero-order valence-corrected chi connectivity index (χ0v) is 12.1. The number of rotatable bonds is 5. The molecule has 1 aromatic rings. The minimum Gasteiger partial charge on any atom is -0.326 e. The number of likely N-dealkylation sites (N-methyl/N-ethyl adjacent to an activating group) is 1. The molecular formula is C13H20ClN3O2. The Kier molecular flexibility index (Phi) is 7.79. The van der Waals surface area contributed by atoms with Gasteiger partial charge in [-0.3, -0.25) is 9.59 Å². The molecule has 3 N–H and O–H groups in total. The van der Waals surface area contributed by atoms with Crippen LogP contribution in [0.2, 0.25) is 0 Å². The number of nitrogens with one attached hydrogen (secondary N) is 3. The molecule has 0 saturated heterocycles. The van der Waals surface area contributed by atoms with Gasteiger partial charge in [-0.05, 0) is 25.2 Å². The van der Waals surface area contributed by atoms with Crippen LogP contribution in [0.5, 0.6) is 0 Å². The van der Waals surface area contributed by atoms with Crippen LogP contribution in [0.25, 0.3) is 0 Å². The lowest BCUT2D eigenvalue weighted by Crippen LogP contribution is -2.25. The summed E-state index contributed by atoms with van der Waals surface area (Å²) in [6.45, 7) is 3.91. The minimum absolute atomic E-state index is 0. The Morgan fingerprint density at radius 1 is 1.16 bits per heavy atom. The van der Waals surface area contributed by atoms with Crippen LogP contribution in [-0.4, -0.2) is 25.4 Å². The SMILES string of the molecule is CNCC(=O)Nc1cccc(NC(=O)C(C)C)c1.Cl. The van der Waals surface area contributed by atoms with Gasteiger partial charge in [0.25, 0.3) is 0 Å². The number of benzene rings is 1. The Labute approximate surface area is 119 Å². The van der Waals surface area contributed by atoms with E-state index in [-0.39, 0.29) is 36.7 Å². The summed E-state index contributed by atoms with van der Waals surface area (Å²) >= 11 is 0. The maximum Gasteiger partial charge on any atom is 0.238 e. The zero-order valence-electron chi connectivity index (χ0n) is 11.3. The minimum atomic E-state index is -0.121. The number of hydrogen-bond donors (Lipinski definition) is 3. The van der Waals surface area contributed by atoms with E-state index in [1.165, 1.54) is 0 Å². The molecular weight excluding hydrogens is 266 g/mol. The van der Waals surface area contributed by atoms with Gasteiger partial charge in [0.15, 0.2) is 0 Å². The Balaban J connectivity index is 0.00000324. The molecule has 106 valence electrons. The first-order chi connectivity index (χ1) is 8.52. The molecule has 1 aromatic carbocycles. The molecule has 0 fully saturated rings. The summed E-state index contributed by atoms with van der Waals surface area (Å²) in [6.07, 6.45) is 0. The summed E-state index contributed by atoms with van der Waals surface area (Å²) in [7, 11) is 1.71. The number of carbonyl (C=O) groups is 2. The highest BCUT2D eigenvalue weighted by molar-refractivity contribution is 5.95. The Morgan fingerprint density at radius 3 is 2.26 bits per heavy atom. The van der Waals surface area contributed by atoms with Crippen LogP contribution in [0, 0.1) is 5.92 Å². The van der Waals surface area contributed by atoms with Crippen LogP contribution in [0.15, 0.2) is 24.3 Å². The van der Waals surface area contributed by atoms with Gasteiger partial charge in [-0.25, -0.2) is 0 Å². The quantitative estimate of drug-likeness (QED) is 0.773. The summed E-state index contributed by atoms with van der Waals surface area (Å²) in [4.78, 5) is 22.9. The van der Waals surface area contributed by atoms with E-state index in [0.29, 0.717) is 11.4 Å². The van der Waals surface area contributed by atoms with Crippen molar-refractivity contribution in [2.24, 2.45) is 5.92 Å². The van der Waals surface area contributed by atoms with Gasteiger partial charge in [-0.1, -0.05) is 19.9 Å². The van der Waals surface area contributed by atoms with Gasteiger partial charge in [0, 0.05) is 17.3 Å². The monoisotopic (exact) mass is 285 g/mol. The number of anilines is 2. The van der Waals surface area contributed by atoms with Crippen molar-refractivity contribution in [3.63, 3.8) is 0 Å². The summed E-state index contributed by atoms with van der Waals surface area (Å²) in [6, 6.07) is 7.07. The molecule has 0 aromatic heterocycles. The second kappa shape index (κ2) is 8.50. The van der Waals surface area contributed by atoms with E-state index in [1.54, 1.807) is 31.3 Å². The first-order valence-corrected chi connectivity index (χ1v) is 5.88. The van der Waals surface area contributed by atoms with Crippen LogP contribution in [0.4, 0.5) is 11.4 Å². The van der Waals surface area contributed by atoms with E-state index in [9.17, 15) is 9.59 Å². The molecule has 6 heteroatoms. The van der Waals surface area contributed by atoms with Crippen LogP contribution in [0.3, 0.4) is 0 Å². The Bertz CT molecular complexity index is 436. The highest BCUT2D eigenvalue weighted by Crippen LogP contribution is 2.15. The fourth-order valence-electron chi connectivity index (χ4n) is 1.33. The molecule has 0 bridgehead atoms. The number of hydrogen-bond acceptors (Lipinski definition) is 3. The van der Waals surface area contributed by atoms with E-state index in [2.05, 4.69) is 16.0 Å². The van der Waals surface area contributed by atoms with Crippen molar-refractivity contribution in [2.75, 3.05) is 24.2 Å². The molecule has 1 rings (SSSR count). The maximum atomic E-state index is 11.5. The van der Waals surface area contributed by atoms with Crippen molar-refractivity contribution in [1.82, 2.24) is 5.32 Å². The second-order valence-electron chi connectivity index (χ2n) is 4.30. The lowest BCUT2D eigenvalue weighted by molar-refractivity contribution is -0.119. The summed E-state index contributed by atoms with van der Waals surface area (Å²) in [5.41, 5.74) is 1.34. The zero-order chi connectivity index (χ0) is 13.5. The molecule has 0 heterocycles. The molecule has 5 nitrogen and oxygen atoms in total. The summed E-state index contributed by atoms with van der Waals surface area (Å²) in [5, 5.41) is 8.28. The molecule has 19 heavy (non-hydrogen) atoms. The largest absolute Gasteiger partial charge is 0.326 e. The van der Waals surface area contributed by atoms with Crippen molar-refractivity contribution < 1.29 is 9.59 Å². The topological polar surface area (TPSA) is 70.2 Å². The molecule has 0 aliphatic rings. The van der Waals surface area contributed by atoms with Crippen molar-refractivity contribution in [1.29, 1.82) is 0 Å². The molecule has 0 radical (unpaired) electrons. The smallest absolute Gasteiger partial charge is 0.238 e. The second-order valence-corrected chi connectivity index (χ2v) is 4.30. The lowest BCUT2D eigenvalue weighted by atomic mass is 10.2. The summed E-state index contributed by atoms with van der Waals surface area (Å²) in [5.74, 6) is -0.244. The van der Waals surface area contributed by atoms with Crippen LogP contribution in [-0.2, 0) is 9.59 Å². The standard InChI is InChI=1S/C13H19N3O2.ClH/c1-9(2)13(18)16-11-6-4-5-10(7-11)15-12(17)8-14-3;/h4-7,9,14H,8H2,1-3H3,(H,15,17)(H,16,18);1H. The molecule has 0 saturated carbocycles. The number of carbonyl (C=O) groups excluding carboxylic acids is 2. The van der Waals surface area contributed by atoms with Gasteiger partial charge < -0.3 is 16.0 Å². The predicted molar refractivity (Wildman–Crippen MR) is 79.7 cm³/mol. The van der Waals surface area contributed by atoms with Crippen molar-refractivity contribution in [2.45, 2.75) is 13.8 Å². The fourth-order valence-corrected chi connectivity index (χ4v) is 1.33. The molecule has 0 aliphatic heterocycles. The fraction of sp³-hybridized carbons (Fsp3) is 0.385. The average Bonchev–Trinajstić information content (AvgIpc) is 2.29. The van der Waals surface area contributed by atoms with Gasteiger partial charge in [-0.2, -0.15) is 0 Å². The normalized spacial score (nSPS) is 9.68. The molecule has 2 amide bonds. The third-order valence-corrected chi connectivity index (χ3v) is 2.28. The molecule has 0 aliphatic carbocycles. The third-order valence-electron chi connectivity index (χ3n) is 2.28. The van der Waals surface area contributed by atoms with Crippen molar-refractivity contribution >= 4 is 35.6 Å². The molecule has 0 spiro atoms. The molecule has 0 atom stereocenters. The van der Waals surface area contributed by atoms with E-state index in [0.717, 1.165) is 0 Å². The van der Waals surface area contributed by atoms with Crippen LogP contribution < -0.4 is 16.0 Å². The van der Waals surface area contributed by atoms with E-state index in [4.69, 9.17) is 0 Å². The first-order valence-electron chi connectivity index (χ1n) is 5.88. The van der Waals surface area contributed by atoms with Gasteiger partial charge in [-0.15, -0.1) is 12.4 Å². The number of amides is 2. The van der Waals surface area contributed by atoms with E-state index < -0.39 is 0 Å². The average molecular weight is 286 g/mol. The van der Waals surface area contributed by atoms with Crippen LogP contribution in [0.1, 0.15) is 13.8 Å².